The Morgan fingerprint density at radius 2 is 1.96 bits per heavy atom. The van der Waals surface area contributed by atoms with E-state index in [1.165, 1.54) is 24.0 Å². The first-order chi connectivity index (χ1) is 11.3. The molecule has 0 saturated carbocycles. The number of hydrogen-bond acceptors (Lipinski definition) is 3. The van der Waals surface area contributed by atoms with Crippen molar-refractivity contribution in [1.29, 1.82) is 0 Å². The summed E-state index contributed by atoms with van der Waals surface area (Å²) in [6.45, 7) is 0.810. The number of nitrogens with zero attached hydrogens (tertiary/aromatic N) is 3. The van der Waals surface area contributed by atoms with E-state index in [4.69, 9.17) is 0 Å². The van der Waals surface area contributed by atoms with Gasteiger partial charge in [0.2, 0.25) is 0 Å². The maximum Gasteiger partial charge on any atom is 0.254 e. The SMILES string of the molecule is O=C(c1ccc2c(c1)CCCC2)N1CCC[C@@H]1c1ccncn1. The Labute approximate surface area is 136 Å². The topological polar surface area (TPSA) is 46.1 Å². The van der Waals surface area contributed by atoms with Crippen molar-refractivity contribution >= 4 is 5.91 Å². The summed E-state index contributed by atoms with van der Waals surface area (Å²) in [5.74, 6) is 0.138. The number of likely N-dealkylation sites (tertiary alicyclic amines) is 1. The zero-order valence-electron chi connectivity index (χ0n) is 13.2. The summed E-state index contributed by atoms with van der Waals surface area (Å²) >= 11 is 0. The lowest BCUT2D eigenvalue weighted by molar-refractivity contribution is 0.0732. The van der Waals surface area contributed by atoms with Gasteiger partial charge in [0.1, 0.15) is 6.33 Å². The highest BCUT2D eigenvalue weighted by atomic mass is 16.2. The van der Waals surface area contributed by atoms with E-state index in [2.05, 4.69) is 22.1 Å². The molecule has 1 aliphatic carbocycles. The van der Waals surface area contributed by atoms with Crippen LogP contribution in [0.1, 0.15) is 58.9 Å². The molecular formula is C19H21N3O. The van der Waals surface area contributed by atoms with Crippen LogP contribution in [0.25, 0.3) is 0 Å². The molecule has 1 aliphatic heterocycles. The normalized spacial score (nSPS) is 20.3. The average Bonchev–Trinajstić information content (AvgIpc) is 3.11. The first-order valence-corrected chi connectivity index (χ1v) is 8.51. The van der Waals surface area contributed by atoms with Gasteiger partial charge in [-0.3, -0.25) is 4.79 Å². The van der Waals surface area contributed by atoms with Crippen molar-refractivity contribution in [3.63, 3.8) is 0 Å². The van der Waals surface area contributed by atoms with E-state index in [9.17, 15) is 4.79 Å². The average molecular weight is 307 g/mol. The molecule has 1 saturated heterocycles. The van der Waals surface area contributed by atoms with Crippen molar-refractivity contribution in [3.8, 4) is 0 Å². The van der Waals surface area contributed by atoms with Gasteiger partial charge in [-0.1, -0.05) is 6.07 Å². The smallest absolute Gasteiger partial charge is 0.254 e. The molecule has 0 radical (unpaired) electrons. The molecule has 1 atom stereocenters. The van der Waals surface area contributed by atoms with E-state index in [0.717, 1.165) is 43.5 Å². The number of carbonyl (C=O) groups excluding carboxylic acids is 1. The predicted molar refractivity (Wildman–Crippen MR) is 88.1 cm³/mol. The summed E-state index contributed by atoms with van der Waals surface area (Å²) in [6.07, 6.45) is 10.1. The minimum atomic E-state index is 0.0848. The van der Waals surface area contributed by atoms with Gasteiger partial charge in [0.05, 0.1) is 11.7 Å². The Kier molecular flexibility index (Phi) is 3.82. The molecule has 0 N–H and O–H groups in total. The van der Waals surface area contributed by atoms with Gasteiger partial charge < -0.3 is 4.90 Å². The number of benzene rings is 1. The second kappa shape index (κ2) is 6.11. The van der Waals surface area contributed by atoms with Crippen LogP contribution in [0.5, 0.6) is 0 Å². The van der Waals surface area contributed by atoms with Gasteiger partial charge in [-0.15, -0.1) is 0 Å². The van der Waals surface area contributed by atoms with Crippen LogP contribution in [0, 0.1) is 0 Å². The molecule has 1 fully saturated rings. The predicted octanol–water partition coefficient (Wildman–Crippen LogP) is 3.33. The monoisotopic (exact) mass is 307 g/mol. The third kappa shape index (κ3) is 2.74. The first-order valence-electron chi connectivity index (χ1n) is 8.51. The molecule has 118 valence electrons. The Morgan fingerprint density at radius 3 is 2.78 bits per heavy atom. The maximum absolute atomic E-state index is 13.0. The van der Waals surface area contributed by atoms with Gasteiger partial charge in [0.15, 0.2) is 0 Å². The standard InChI is InChI=1S/C19H21N3O/c23-19(16-8-7-14-4-1-2-5-15(14)12-16)22-11-3-6-18(22)17-9-10-20-13-21-17/h7-10,12-13,18H,1-6,11H2/t18-/m1/s1. The van der Waals surface area contributed by atoms with E-state index < -0.39 is 0 Å². The molecule has 0 unspecified atom stereocenters. The third-order valence-corrected chi connectivity index (χ3v) is 5.06. The molecule has 0 spiro atoms. The third-order valence-electron chi connectivity index (χ3n) is 5.06. The highest BCUT2D eigenvalue weighted by Crippen LogP contribution is 2.32. The fraction of sp³-hybridized carbons (Fsp3) is 0.421. The zero-order valence-corrected chi connectivity index (χ0v) is 13.2. The van der Waals surface area contributed by atoms with Gasteiger partial charge in [-0.2, -0.15) is 0 Å². The lowest BCUT2D eigenvalue weighted by Gasteiger charge is -2.25. The summed E-state index contributed by atoms with van der Waals surface area (Å²) in [6, 6.07) is 8.27. The summed E-state index contributed by atoms with van der Waals surface area (Å²) in [4.78, 5) is 23.3. The second-order valence-electron chi connectivity index (χ2n) is 6.48. The highest BCUT2D eigenvalue weighted by molar-refractivity contribution is 5.95. The van der Waals surface area contributed by atoms with E-state index in [0.29, 0.717) is 0 Å². The lowest BCUT2D eigenvalue weighted by atomic mass is 9.90. The van der Waals surface area contributed by atoms with Crippen LogP contribution in [0.2, 0.25) is 0 Å². The van der Waals surface area contributed by atoms with Crippen molar-refractivity contribution in [1.82, 2.24) is 14.9 Å². The Hall–Kier alpha value is -2.23. The van der Waals surface area contributed by atoms with Gasteiger partial charge in [-0.05, 0) is 67.9 Å². The second-order valence-corrected chi connectivity index (χ2v) is 6.48. The van der Waals surface area contributed by atoms with Crippen LogP contribution in [0.3, 0.4) is 0 Å². The number of rotatable bonds is 2. The number of aromatic nitrogens is 2. The molecule has 23 heavy (non-hydrogen) atoms. The Balaban J connectivity index is 1.61. The zero-order chi connectivity index (χ0) is 15.6. The van der Waals surface area contributed by atoms with Crippen LogP contribution < -0.4 is 0 Å². The van der Waals surface area contributed by atoms with Crippen LogP contribution in [-0.4, -0.2) is 27.3 Å². The number of aryl methyl sites for hydroxylation is 2. The fourth-order valence-electron chi connectivity index (χ4n) is 3.85. The molecule has 2 aromatic rings. The van der Waals surface area contributed by atoms with Crippen molar-refractivity contribution in [2.45, 2.75) is 44.6 Å². The summed E-state index contributed by atoms with van der Waals surface area (Å²) in [5, 5.41) is 0. The van der Waals surface area contributed by atoms with Gasteiger partial charge in [0.25, 0.3) is 5.91 Å². The fourth-order valence-corrected chi connectivity index (χ4v) is 3.85. The molecule has 2 aliphatic rings. The van der Waals surface area contributed by atoms with Gasteiger partial charge >= 0.3 is 0 Å². The van der Waals surface area contributed by atoms with Crippen LogP contribution in [-0.2, 0) is 12.8 Å². The number of hydrogen-bond donors (Lipinski definition) is 0. The largest absolute Gasteiger partial charge is 0.330 e. The van der Waals surface area contributed by atoms with Crippen LogP contribution >= 0.6 is 0 Å². The molecule has 0 bridgehead atoms. The molecule has 1 amide bonds. The van der Waals surface area contributed by atoms with E-state index in [1.54, 1.807) is 12.5 Å². The lowest BCUT2D eigenvalue weighted by Crippen LogP contribution is -2.31. The summed E-state index contributed by atoms with van der Waals surface area (Å²) < 4.78 is 0. The first kappa shape index (κ1) is 14.4. The number of amides is 1. The van der Waals surface area contributed by atoms with E-state index >= 15 is 0 Å². The minimum Gasteiger partial charge on any atom is -0.330 e. The minimum absolute atomic E-state index is 0.0848. The molecule has 1 aromatic heterocycles. The van der Waals surface area contributed by atoms with Crippen LogP contribution in [0.4, 0.5) is 0 Å². The molecule has 4 nitrogen and oxygen atoms in total. The molecule has 4 rings (SSSR count). The number of carbonyl (C=O) groups is 1. The van der Waals surface area contributed by atoms with E-state index in [1.807, 2.05) is 17.0 Å². The van der Waals surface area contributed by atoms with Crippen molar-refractivity contribution in [3.05, 3.63) is 59.2 Å². The maximum atomic E-state index is 13.0. The van der Waals surface area contributed by atoms with Gasteiger partial charge in [0, 0.05) is 18.3 Å². The quantitative estimate of drug-likeness (QED) is 0.855. The molecule has 1 aromatic carbocycles. The van der Waals surface area contributed by atoms with Crippen molar-refractivity contribution < 1.29 is 4.79 Å². The Bertz CT molecular complexity index is 714. The van der Waals surface area contributed by atoms with Crippen molar-refractivity contribution in [2.75, 3.05) is 6.54 Å². The summed E-state index contributed by atoms with van der Waals surface area (Å²) in [7, 11) is 0. The van der Waals surface area contributed by atoms with Crippen LogP contribution in [0.15, 0.2) is 36.8 Å². The Morgan fingerprint density at radius 1 is 1.09 bits per heavy atom. The highest BCUT2D eigenvalue weighted by Gasteiger charge is 2.31. The number of fused-ring (bicyclic) bond motifs is 1. The summed E-state index contributed by atoms with van der Waals surface area (Å²) in [5.41, 5.74) is 4.55. The van der Waals surface area contributed by atoms with Gasteiger partial charge in [-0.25, -0.2) is 9.97 Å². The van der Waals surface area contributed by atoms with Crippen molar-refractivity contribution in [2.24, 2.45) is 0 Å². The van der Waals surface area contributed by atoms with E-state index in [-0.39, 0.29) is 11.9 Å². The molecule has 2 heterocycles. The molecule has 4 heteroatoms. The molecular weight excluding hydrogens is 286 g/mol.